The fourth-order valence-electron chi connectivity index (χ4n) is 2.66. The highest BCUT2D eigenvalue weighted by atomic mass is 32.2. The summed E-state index contributed by atoms with van der Waals surface area (Å²) < 4.78 is 32.4. The number of thiazole rings is 1. The Labute approximate surface area is 180 Å². The van der Waals surface area contributed by atoms with E-state index in [1.165, 1.54) is 23.5 Å². The van der Waals surface area contributed by atoms with Gasteiger partial charge < -0.3 is 10.1 Å². The lowest BCUT2D eigenvalue weighted by Gasteiger charge is -2.08. The van der Waals surface area contributed by atoms with Crippen LogP contribution in [0, 0.1) is 0 Å². The van der Waals surface area contributed by atoms with Crippen LogP contribution >= 0.6 is 11.3 Å². The molecule has 0 aliphatic rings. The Morgan fingerprint density at radius 2 is 1.83 bits per heavy atom. The number of nitrogens with one attached hydrogen (secondary N) is 2. The molecule has 0 atom stereocenters. The fourth-order valence-corrected chi connectivity index (χ4v) is 4.43. The Morgan fingerprint density at radius 3 is 2.53 bits per heavy atom. The summed E-state index contributed by atoms with van der Waals surface area (Å²) >= 11 is 1.47. The maximum absolute atomic E-state index is 12.3. The van der Waals surface area contributed by atoms with Crippen molar-refractivity contribution in [3.63, 3.8) is 0 Å². The molecule has 0 saturated heterocycles. The zero-order chi connectivity index (χ0) is 21.4. The minimum atomic E-state index is -3.68. The van der Waals surface area contributed by atoms with Crippen molar-refractivity contribution in [3.8, 4) is 17.0 Å². The van der Waals surface area contributed by atoms with Crippen LogP contribution in [0.15, 0.2) is 64.9 Å². The molecule has 1 aromatic heterocycles. The molecule has 7 nitrogen and oxygen atoms in total. The molecule has 0 radical (unpaired) electrons. The number of carbonyl (C=O) groups is 1. The SMILES string of the molecule is CCOc1ccc(S(=O)(=O)NCCC(=O)NCc2nc(-c3ccccc3)cs2)cc1. The number of sulfonamides is 1. The molecule has 0 unspecified atom stereocenters. The molecule has 1 amide bonds. The third-order valence-electron chi connectivity index (χ3n) is 4.15. The summed E-state index contributed by atoms with van der Waals surface area (Å²) in [4.78, 5) is 16.7. The van der Waals surface area contributed by atoms with Crippen molar-refractivity contribution in [3.05, 3.63) is 65.0 Å². The summed E-state index contributed by atoms with van der Waals surface area (Å²) in [5, 5.41) is 5.50. The Kier molecular flexibility index (Phi) is 7.56. The number of carbonyl (C=O) groups excluding carboxylic acids is 1. The van der Waals surface area contributed by atoms with Crippen LogP contribution in [0.3, 0.4) is 0 Å². The third-order valence-corrected chi connectivity index (χ3v) is 6.47. The second kappa shape index (κ2) is 10.3. The van der Waals surface area contributed by atoms with Gasteiger partial charge in [0.2, 0.25) is 15.9 Å². The van der Waals surface area contributed by atoms with E-state index in [1.807, 2.05) is 42.6 Å². The molecule has 2 N–H and O–H groups in total. The van der Waals surface area contributed by atoms with Crippen molar-refractivity contribution in [2.24, 2.45) is 0 Å². The molecular weight excluding hydrogens is 422 g/mol. The molecule has 2 aromatic carbocycles. The van der Waals surface area contributed by atoms with Gasteiger partial charge in [-0.2, -0.15) is 0 Å². The Balaban J connectivity index is 1.44. The second-order valence-electron chi connectivity index (χ2n) is 6.32. The number of nitrogens with zero attached hydrogens (tertiary/aromatic N) is 1. The van der Waals surface area contributed by atoms with E-state index in [0.717, 1.165) is 16.3 Å². The van der Waals surface area contributed by atoms with Gasteiger partial charge in [0.1, 0.15) is 10.8 Å². The number of hydrogen-bond donors (Lipinski definition) is 2. The summed E-state index contributed by atoms with van der Waals surface area (Å²) in [5.74, 6) is 0.356. The lowest BCUT2D eigenvalue weighted by Crippen LogP contribution is -2.30. The van der Waals surface area contributed by atoms with Crippen LogP contribution in [0.1, 0.15) is 18.4 Å². The Bertz CT molecular complexity index is 1070. The van der Waals surface area contributed by atoms with Gasteiger partial charge in [0, 0.05) is 23.9 Å². The summed E-state index contributed by atoms with van der Waals surface area (Å²) in [6.07, 6.45) is 0.0349. The summed E-state index contributed by atoms with van der Waals surface area (Å²) in [7, 11) is -3.68. The Hall–Kier alpha value is -2.75. The van der Waals surface area contributed by atoms with Crippen LogP contribution in [0.5, 0.6) is 5.75 Å². The highest BCUT2D eigenvalue weighted by Gasteiger charge is 2.14. The largest absolute Gasteiger partial charge is 0.494 e. The van der Waals surface area contributed by atoms with E-state index in [1.54, 1.807) is 12.1 Å². The number of amides is 1. The smallest absolute Gasteiger partial charge is 0.240 e. The fraction of sp³-hybridized carbons (Fsp3) is 0.238. The topological polar surface area (TPSA) is 97.4 Å². The van der Waals surface area contributed by atoms with E-state index < -0.39 is 10.0 Å². The maximum atomic E-state index is 12.3. The number of aromatic nitrogens is 1. The first-order valence-corrected chi connectivity index (χ1v) is 11.8. The average Bonchev–Trinajstić information content (AvgIpc) is 3.23. The van der Waals surface area contributed by atoms with Crippen molar-refractivity contribution in [2.45, 2.75) is 24.8 Å². The second-order valence-corrected chi connectivity index (χ2v) is 9.03. The van der Waals surface area contributed by atoms with Crippen LogP contribution in [0.4, 0.5) is 0 Å². The van der Waals surface area contributed by atoms with Crippen molar-refractivity contribution >= 4 is 27.3 Å². The first kappa shape index (κ1) is 21.9. The highest BCUT2D eigenvalue weighted by Crippen LogP contribution is 2.21. The first-order valence-electron chi connectivity index (χ1n) is 9.47. The predicted molar refractivity (Wildman–Crippen MR) is 117 cm³/mol. The van der Waals surface area contributed by atoms with E-state index in [2.05, 4.69) is 15.0 Å². The van der Waals surface area contributed by atoms with Crippen molar-refractivity contribution < 1.29 is 17.9 Å². The Morgan fingerprint density at radius 1 is 1.10 bits per heavy atom. The molecule has 1 heterocycles. The van der Waals surface area contributed by atoms with E-state index in [9.17, 15) is 13.2 Å². The molecule has 0 aliphatic heterocycles. The predicted octanol–water partition coefficient (Wildman–Crippen LogP) is 3.19. The normalized spacial score (nSPS) is 11.2. The lowest BCUT2D eigenvalue weighted by molar-refractivity contribution is -0.121. The van der Waals surface area contributed by atoms with Crippen molar-refractivity contribution in [2.75, 3.05) is 13.2 Å². The minimum absolute atomic E-state index is 0.00844. The van der Waals surface area contributed by atoms with Gasteiger partial charge in [-0.25, -0.2) is 18.1 Å². The molecule has 0 fully saturated rings. The molecule has 30 heavy (non-hydrogen) atoms. The molecule has 9 heteroatoms. The third kappa shape index (κ3) is 6.12. The lowest BCUT2D eigenvalue weighted by atomic mass is 10.2. The number of ether oxygens (including phenoxy) is 1. The molecule has 0 spiro atoms. The zero-order valence-electron chi connectivity index (χ0n) is 16.5. The number of rotatable bonds is 10. The molecule has 0 aliphatic carbocycles. The van der Waals surface area contributed by atoms with Crippen molar-refractivity contribution in [1.29, 1.82) is 0 Å². The van der Waals surface area contributed by atoms with Gasteiger partial charge in [-0.1, -0.05) is 30.3 Å². The monoisotopic (exact) mass is 445 g/mol. The van der Waals surface area contributed by atoms with Gasteiger partial charge in [-0.05, 0) is 31.2 Å². The first-order chi connectivity index (χ1) is 14.5. The van der Waals surface area contributed by atoms with E-state index in [0.29, 0.717) is 18.9 Å². The van der Waals surface area contributed by atoms with Gasteiger partial charge >= 0.3 is 0 Å². The molecule has 0 bridgehead atoms. The van der Waals surface area contributed by atoms with Gasteiger partial charge in [-0.3, -0.25) is 4.79 Å². The quantitative estimate of drug-likeness (QED) is 0.500. The molecular formula is C21H23N3O4S2. The van der Waals surface area contributed by atoms with Crippen molar-refractivity contribution in [1.82, 2.24) is 15.0 Å². The zero-order valence-corrected chi connectivity index (χ0v) is 18.1. The summed E-state index contributed by atoms with van der Waals surface area (Å²) in [6, 6.07) is 15.9. The number of hydrogen-bond acceptors (Lipinski definition) is 6. The summed E-state index contributed by atoms with van der Waals surface area (Å²) in [6.45, 7) is 2.68. The van der Waals surface area contributed by atoms with E-state index in [-0.39, 0.29) is 23.8 Å². The van der Waals surface area contributed by atoms with Crippen LogP contribution in [0.2, 0.25) is 0 Å². The van der Waals surface area contributed by atoms with Gasteiger partial charge in [0.15, 0.2) is 0 Å². The molecule has 3 aromatic rings. The van der Waals surface area contributed by atoms with E-state index >= 15 is 0 Å². The van der Waals surface area contributed by atoms with E-state index in [4.69, 9.17) is 4.74 Å². The van der Waals surface area contributed by atoms with Gasteiger partial charge in [0.05, 0.1) is 23.7 Å². The summed E-state index contributed by atoms with van der Waals surface area (Å²) in [5.41, 5.74) is 1.89. The standard InChI is InChI=1S/C21H23N3O4S2/c1-2-28-17-8-10-18(11-9-17)30(26,27)23-13-12-20(25)22-14-21-24-19(15-29-21)16-6-4-3-5-7-16/h3-11,15,23H,2,12-14H2,1H3,(H,22,25). The molecule has 158 valence electrons. The highest BCUT2D eigenvalue weighted by molar-refractivity contribution is 7.89. The number of benzene rings is 2. The van der Waals surface area contributed by atoms with Crippen LogP contribution in [0.25, 0.3) is 11.3 Å². The minimum Gasteiger partial charge on any atom is -0.494 e. The molecule has 3 rings (SSSR count). The van der Waals surface area contributed by atoms with Crippen LogP contribution < -0.4 is 14.8 Å². The molecule has 0 saturated carbocycles. The average molecular weight is 446 g/mol. The van der Waals surface area contributed by atoms with Gasteiger partial charge in [-0.15, -0.1) is 11.3 Å². The maximum Gasteiger partial charge on any atom is 0.240 e. The van der Waals surface area contributed by atoms with Crippen LogP contribution in [-0.4, -0.2) is 32.5 Å². The van der Waals surface area contributed by atoms with Crippen LogP contribution in [-0.2, 0) is 21.4 Å². The van der Waals surface area contributed by atoms with Gasteiger partial charge in [0.25, 0.3) is 0 Å².